The first-order chi connectivity index (χ1) is 14.6. The molecule has 3 aromatic rings. The van der Waals surface area contributed by atoms with Crippen molar-refractivity contribution in [3.63, 3.8) is 0 Å². The molecule has 0 radical (unpaired) electrons. The minimum absolute atomic E-state index is 0.0839. The molecule has 2 heterocycles. The van der Waals surface area contributed by atoms with Gasteiger partial charge in [0.15, 0.2) is 18.2 Å². The molecule has 0 aliphatic heterocycles. The van der Waals surface area contributed by atoms with Crippen LogP contribution in [0.15, 0.2) is 34.2 Å². The summed E-state index contributed by atoms with van der Waals surface area (Å²) in [7, 11) is 0. The molecule has 1 aromatic carbocycles. The standard InChI is InChI=1S/C21H23FN4O3S/c1-13-19(30-12-24-13)21-26-25-20(29-21)15-8-6-14(7-9-15)10-23-18(27)11-28-17-5-3-2-4-16(17)22/h2-5,12,14-15H,6-11H2,1H3,(H,23,27). The van der Waals surface area contributed by atoms with Crippen molar-refractivity contribution in [1.29, 1.82) is 0 Å². The number of nitrogens with one attached hydrogen (secondary N) is 1. The van der Waals surface area contributed by atoms with E-state index in [9.17, 15) is 9.18 Å². The van der Waals surface area contributed by atoms with E-state index in [2.05, 4.69) is 20.5 Å². The number of carbonyl (C=O) groups excluding carboxylic acids is 1. The number of para-hydroxylation sites is 1. The van der Waals surface area contributed by atoms with E-state index in [-0.39, 0.29) is 24.2 Å². The monoisotopic (exact) mass is 430 g/mol. The number of hydrogen-bond acceptors (Lipinski definition) is 7. The zero-order chi connectivity index (χ0) is 20.9. The van der Waals surface area contributed by atoms with Gasteiger partial charge in [-0.1, -0.05) is 12.1 Å². The third-order valence-corrected chi connectivity index (χ3v) is 6.28. The van der Waals surface area contributed by atoms with Gasteiger partial charge in [0.2, 0.25) is 5.89 Å². The van der Waals surface area contributed by atoms with Crippen molar-refractivity contribution >= 4 is 17.2 Å². The second-order valence-corrected chi connectivity index (χ2v) is 8.31. The van der Waals surface area contributed by atoms with Crippen molar-refractivity contribution in [1.82, 2.24) is 20.5 Å². The fraction of sp³-hybridized carbons (Fsp3) is 0.429. The van der Waals surface area contributed by atoms with E-state index in [4.69, 9.17) is 9.15 Å². The molecule has 0 bridgehead atoms. The second-order valence-electron chi connectivity index (χ2n) is 7.45. The van der Waals surface area contributed by atoms with E-state index >= 15 is 0 Å². The highest BCUT2D eigenvalue weighted by Crippen LogP contribution is 2.36. The van der Waals surface area contributed by atoms with Crippen LogP contribution in [0.3, 0.4) is 0 Å². The summed E-state index contributed by atoms with van der Waals surface area (Å²) in [4.78, 5) is 17.1. The van der Waals surface area contributed by atoms with Crippen molar-refractivity contribution in [2.45, 2.75) is 38.5 Å². The number of thiazole rings is 1. The summed E-state index contributed by atoms with van der Waals surface area (Å²) in [6, 6.07) is 6.05. The molecule has 9 heteroatoms. The van der Waals surface area contributed by atoms with Crippen molar-refractivity contribution in [2.24, 2.45) is 5.92 Å². The molecule has 30 heavy (non-hydrogen) atoms. The maximum atomic E-state index is 13.5. The van der Waals surface area contributed by atoms with Crippen LogP contribution in [0.25, 0.3) is 10.8 Å². The molecule has 1 aliphatic carbocycles. The van der Waals surface area contributed by atoms with Gasteiger partial charge < -0.3 is 14.5 Å². The van der Waals surface area contributed by atoms with E-state index < -0.39 is 5.82 Å². The highest BCUT2D eigenvalue weighted by atomic mass is 32.1. The first-order valence-electron chi connectivity index (χ1n) is 9.98. The lowest BCUT2D eigenvalue weighted by atomic mass is 9.82. The average Bonchev–Trinajstić information content (AvgIpc) is 3.41. The van der Waals surface area contributed by atoms with Gasteiger partial charge in [-0.2, -0.15) is 0 Å². The Morgan fingerprint density at radius 2 is 2.07 bits per heavy atom. The number of ether oxygens (including phenoxy) is 1. The number of nitrogens with zero attached hydrogens (tertiary/aromatic N) is 3. The Morgan fingerprint density at radius 1 is 1.27 bits per heavy atom. The van der Waals surface area contributed by atoms with Crippen LogP contribution in [-0.4, -0.2) is 34.2 Å². The molecule has 1 amide bonds. The van der Waals surface area contributed by atoms with Crippen LogP contribution in [0.5, 0.6) is 5.75 Å². The summed E-state index contributed by atoms with van der Waals surface area (Å²) >= 11 is 1.50. The summed E-state index contributed by atoms with van der Waals surface area (Å²) in [5, 5.41) is 11.3. The van der Waals surface area contributed by atoms with Crippen LogP contribution in [0.4, 0.5) is 4.39 Å². The molecular weight excluding hydrogens is 407 g/mol. The van der Waals surface area contributed by atoms with Gasteiger partial charge in [-0.15, -0.1) is 21.5 Å². The predicted octanol–water partition coefficient (Wildman–Crippen LogP) is 4.11. The molecule has 1 saturated carbocycles. The summed E-state index contributed by atoms with van der Waals surface area (Å²) in [6.07, 6.45) is 3.82. The zero-order valence-electron chi connectivity index (χ0n) is 16.6. The van der Waals surface area contributed by atoms with Crippen LogP contribution >= 0.6 is 11.3 Å². The van der Waals surface area contributed by atoms with Crippen LogP contribution in [-0.2, 0) is 4.79 Å². The number of benzene rings is 1. The molecule has 1 N–H and O–H groups in total. The summed E-state index contributed by atoms with van der Waals surface area (Å²) in [5.41, 5.74) is 2.67. The lowest BCUT2D eigenvalue weighted by Gasteiger charge is -2.26. The van der Waals surface area contributed by atoms with Crippen molar-refractivity contribution in [2.75, 3.05) is 13.2 Å². The normalized spacial score (nSPS) is 18.9. The number of hydrogen-bond donors (Lipinski definition) is 1. The fourth-order valence-electron chi connectivity index (χ4n) is 3.63. The molecule has 4 rings (SSSR count). The van der Waals surface area contributed by atoms with E-state index in [1.165, 1.54) is 23.5 Å². The Kier molecular flexibility index (Phi) is 6.37. The average molecular weight is 431 g/mol. The topological polar surface area (TPSA) is 90.1 Å². The molecule has 0 unspecified atom stereocenters. The van der Waals surface area contributed by atoms with E-state index in [1.807, 2.05) is 6.92 Å². The number of rotatable bonds is 7. The third-order valence-electron chi connectivity index (χ3n) is 5.36. The lowest BCUT2D eigenvalue weighted by molar-refractivity contribution is -0.123. The first kappa shape index (κ1) is 20.5. The molecule has 7 nitrogen and oxygen atoms in total. The van der Waals surface area contributed by atoms with Crippen LogP contribution < -0.4 is 10.1 Å². The fourth-order valence-corrected chi connectivity index (χ4v) is 4.35. The maximum absolute atomic E-state index is 13.5. The highest BCUT2D eigenvalue weighted by molar-refractivity contribution is 7.13. The van der Waals surface area contributed by atoms with Crippen LogP contribution in [0, 0.1) is 18.7 Å². The Balaban J connectivity index is 1.20. The van der Waals surface area contributed by atoms with Gasteiger partial charge in [-0.05, 0) is 50.7 Å². The minimum Gasteiger partial charge on any atom is -0.481 e. The molecule has 1 fully saturated rings. The summed E-state index contributed by atoms with van der Waals surface area (Å²) in [5.74, 6) is 1.22. The number of carbonyl (C=O) groups is 1. The van der Waals surface area contributed by atoms with Gasteiger partial charge in [0.05, 0.1) is 11.2 Å². The van der Waals surface area contributed by atoms with E-state index in [0.717, 1.165) is 36.3 Å². The highest BCUT2D eigenvalue weighted by Gasteiger charge is 2.27. The predicted molar refractivity (Wildman–Crippen MR) is 110 cm³/mol. The van der Waals surface area contributed by atoms with Crippen molar-refractivity contribution < 1.29 is 18.3 Å². The van der Waals surface area contributed by atoms with Crippen molar-refractivity contribution in [3.8, 4) is 16.5 Å². The quantitative estimate of drug-likeness (QED) is 0.607. The van der Waals surface area contributed by atoms with Crippen LogP contribution in [0.2, 0.25) is 0 Å². The largest absolute Gasteiger partial charge is 0.481 e. The minimum atomic E-state index is -0.474. The van der Waals surface area contributed by atoms with E-state index in [1.54, 1.807) is 17.6 Å². The van der Waals surface area contributed by atoms with Gasteiger partial charge in [-0.3, -0.25) is 4.79 Å². The van der Waals surface area contributed by atoms with Gasteiger partial charge in [-0.25, -0.2) is 9.37 Å². The molecule has 0 saturated heterocycles. The first-order valence-corrected chi connectivity index (χ1v) is 10.9. The Bertz CT molecular complexity index is 998. The summed E-state index contributed by atoms with van der Waals surface area (Å²) < 4.78 is 24.7. The molecule has 2 aromatic heterocycles. The van der Waals surface area contributed by atoms with Gasteiger partial charge in [0, 0.05) is 12.5 Å². The Morgan fingerprint density at radius 3 is 2.80 bits per heavy atom. The maximum Gasteiger partial charge on any atom is 0.259 e. The van der Waals surface area contributed by atoms with Crippen LogP contribution in [0.1, 0.15) is 43.2 Å². The number of aromatic nitrogens is 3. The lowest BCUT2D eigenvalue weighted by Crippen LogP contribution is -2.34. The van der Waals surface area contributed by atoms with E-state index in [0.29, 0.717) is 24.2 Å². The molecule has 0 atom stereocenters. The Labute approximate surface area is 177 Å². The molecule has 1 aliphatic rings. The number of aryl methyl sites for hydroxylation is 1. The van der Waals surface area contributed by atoms with Gasteiger partial charge in [0.25, 0.3) is 11.8 Å². The summed E-state index contributed by atoms with van der Waals surface area (Å²) in [6.45, 7) is 2.32. The zero-order valence-corrected chi connectivity index (χ0v) is 17.5. The van der Waals surface area contributed by atoms with Gasteiger partial charge in [0.1, 0.15) is 4.88 Å². The van der Waals surface area contributed by atoms with Gasteiger partial charge >= 0.3 is 0 Å². The third kappa shape index (κ3) is 4.84. The Hall–Kier alpha value is -2.81. The molecule has 0 spiro atoms. The SMILES string of the molecule is Cc1ncsc1-c1nnc(C2CCC(CNC(=O)COc3ccccc3F)CC2)o1. The second kappa shape index (κ2) is 9.34. The van der Waals surface area contributed by atoms with Crippen molar-refractivity contribution in [3.05, 3.63) is 47.2 Å². The number of amides is 1. The molecule has 158 valence electrons. The molecular formula is C21H23FN4O3S. The smallest absolute Gasteiger partial charge is 0.259 e. The number of halogens is 1.